The molecule has 0 atom stereocenters. The molecule has 0 aliphatic heterocycles. The van der Waals surface area contributed by atoms with Crippen LogP contribution < -0.4 is 0 Å². The molecular weight excluding hydrogens is 349 g/mol. The fourth-order valence-electron chi connectivity index (χ4n) is 0.428. The number of carbonyl (C=O) groups excluding carboxylic acids is 1. The van der Waals surface area contributed by atoms with Crippen LogP contribution in [0.1, 0.15) is 0 Å². The first-order valence-corrected chi connectivity index (χ1v) is 4.42. The van der Waals surface area contributed by atoms with Crippen LogP contribution in [0.5, 0.6) is 5.75 Å². The first kappa shape index (κ1) is 20.5. The van der Waals surface area contributed by atoms with Gasteiger partial charge in [0.05, 0.1) is 0 Å². The topological polar surface area (TPSA) is 118 Å². The summed E-state index contributed by atoms with van der Waals surface area (Å²) < 4.78 is 34.1. The van der Waals surface area contributed by atoms with Crippen molar-refractivity contribution in [1.29, 1.82) is 0 Å². The second-order valence-electron chi connectivity index (χ2n) is 1.74. The maximum atomic E-state index is 8.63. The van der Waals surface area contributed by atoms with Gasteiger partial charge in [-0.3, -0.25) is 8.42 Å². The van der Waals surface area contributed by atoms with Crippen molar-refractivity contribution in [3.8, 4) is 5.75 Å². The molecule has 0 aromatic heterocycles. The van der Waals surface area contributed by atoms with Crippen molar-refractivity contribution in [2.75, 3.05) is 0 Å². The van der Waals surface area contributed by atoms with Crippen LogP contribution >= 0.6 is 0 Å². The van der Waals surface area contributed by atoms with E-state index in [2.05, 4.69) is 0 Å². The van der Waals surface area contributed by atoms with Crippen LogP contribution in [0, 0.1) is 0 Å². The minimum Gasteiger partial charge on any atom is -0.759 e. The molecule has 0 fully saturated rings. The molecule has 1 aromatic rings. The minimum absolute atomic E-state index is 0. The van der Waals surface area contributed by atoms with E-state index in [1.165, 1.54) is 0 Å². The average molecular weight is 358 g/mol. The Labute approximate surface area is 128 Å². The summed E-state index contributed by atoms with van der Waals surface area (Å²) in [5.74, 6) is 0.322. The zero-order valence-corrected chi connectivity index (χ0v) is 13.0. The fraction of sp³-hybridized carbons (Fsp3) is 0. The molecule has 8 heteroatoms. The van der Waals surface area contributed by atoms with Gasteiger partial charge in [0.25, 0.3) is 0 Å². The van der Waals surface area contributed by atoms with Crippen molar-refractivity contribution >= 4 is 66.1 Å². The molecule has 0 radical (unpaired) electrons. The number of para-hydroxylation sites is 1. The van der Waals surface area contributed by atoms with Crippen molar-refractivity contribution in [2.45, 2.75) is 0 Å². The number of phenolic OH excluding ortho intramolecular Hbond substituents is 1. The largest absolute Gasteiger partial charge is 2.00 e. The van der Waals surface area contributed by atoms with Crippen LogP contribution in [-0.2, 0) is 15.2 Å². The second-order valence-corrected chi connectivity index (χ2v) is 2.56. The van der Waals surface area contributed by atoms with Gasteiger partial charge >= 0.3 is 48.9 Å². The molecule has 80 valence electrons. The third-order valence-electron chi connectivity index (χ3n) is 0.756. The second kappa shape index (κ2) is 12.2. The first-order valence-electron chi connectivity index (χ1n) is 3.09. The molecule has 1 aromatic carbocycles. The molecule has 0 spiro atoms. The molecule has 0 bridgehead atoms. The molecule has 0 unspecified atom stereocenters. The van der Waals surface area contributed by atoms with E-state index in [1.807, 2.05) is 12.9 Å². The molecule has 0 saturated carbocycles. The zero-order valence-electron chi connectivity index (χ0n) is 7.70. The number of hydrogen-bond acceptors (Lipinski definition) is 6. The third-order valence-corrected chi connectivity index (χ3v) is 0.756. The number of phenols is 1. The van der Waals surface area contributed by atoms with Gasteiger partial charge in [-0.2, -0.15) is 0 Å². The Morgan fingerprint density at radius 2 is 1.33 bits per heavy atom. The van der Waals surface area contributed by atoms with Crippen molar-refractivity contribution in [1.82, 2.24) is 0 Å². The maximum Gasteiger partial charge on any atom is 2.00 e. The molecule has 1 N–H and O–H groups in total. The van der Waals surface area contributed by atoms with E-state index in [4.69, 9.17) is 27.4 Å². The summed E-state index contributed by atoms with van der Waals surface area (Å²) in [6.07, 6.45) is 0. The Kier molecular flexibility index (Phi) is 16.7. The SMILES string of the molecule is C=O.O=S(=O)([O-])[O-].Oc1ccccc1.[Ba+2]. The van der Waals surface area contributed by atoms with Crippen LogP contribution in [-0.4, -0.2) is 78.3 Å². The Bertz CT molecular complexity index is 317. The summed E-state index contributed by atoms with van der Waals surface area (Å²) in [6.45, 7) is 2.00. The summed E-state index contributed by atoms with van der Waals surface area (Å²) in [4.78, 5) is 8.00. The smallest absolute Gasteiger partial charge is 0.759 e. The average Bonchev–Trinajstić information content (AvgIpc) is 2.06. The number of benzene rings is 1. The third kappa shape index (κ3) is 31.5. The number of carbonyl (C=O) groups is 1. The molecule has 0 amide bonds. The summed E-state index contributed by atoms with van der Waals surface area (Å²) in [5, 5.41) is 8.63. The zero-order chi connectivity index (χ0) is 11.6. The summed E-state index contributed by atoms with van der Waals surface area (Å²) >= 11 is 0. The quantitative estimate of drug-likeness (QED) is 0.379. The van der Waals surface area contributed by atoms with Gasteiger partial charge in [-0.15, -0.1) is 0 Å². The monoisotopic (exact) mass is 358 g/mol. The number of aromatic hydroxyl groups is 1. The van der Waals surface area contributed by atoms with Crippen LogP contribution in [0.25, 0.3) is 0 Å². The van der Waals surface area contributed by atoms with Gasteiger partial charge in [0.1, 0.15) is 12.5 Å². The van der Waals surface area contributed by atoms with Crippen molar-refractivity contribution in [3.05, 3.63) is 30.3 Å². The van der Waals surface area contributed by atoms with Crippen LogP contribution in [0.4, 0.5) is 0 Å². The predicted octanol–water partition coefficient (Wildman–Crippen LogP) is -0.511. The van der Waals surface area contributed by atoms with Crippen molar-refractivity contribution in [2.24, 2.45) is 0 Å². The van der Waals surface area contributed by atoms with Crippen LogP contribution in [0.15, 0.2) is 30.3 Å². The van der Waals surface area contributed by atoms with E-state index in [0.717, 1.165) is 0 Å². The molecule has 0 aliphatic carbocycles. The van der Waals surface area contributed by atoms with Crippen LogP contribution in [0.2, 0.25) is 0 Å². The Morgan fingerprint density at radius 3 is 1.47 bits per heavy atom. The number of hydrogen-bond donors (Lipinski definition) is 1. The van der Waals surface area contributed by atoms with E-state index in [0.29, 0.717) is 5.75 Å². The van der Waals surface area contributed by atoms with E-state index in [9.17, 15) is 0 Å². The van der Waals surface area contributed by atoms with Gasteiger partial charge in [-0.05, 0) is 12.1 Å². The maximum absolute atomic E-state index is 8.63. The molecule has 0 heterocycles. The molecule has 6 nitrogen and oxygen atoms in total. The van der Waals surface area contributed by atoms with Gasteiger partial charge in [0.2, 0.25) is 0 Å². The van der Waals surface area contributed by atoms with Gasteiger partial charge in [0.15, 0.2) is 0 Å². The van der Waals surface area contributed by atoms with Crippen molar-refractivity contribution in [3.63, 3.8) is 0 Å². The molecule has 15 heavy (non-hydrogen) atoms. The number of rotatable bonds is 0. The first-order chi connectivity index (χ1) is 6.39. The van der Waals surface area contributed by atoms with Crippen LogP contribution in [0.3, 0.4) is 0 Å². The van der Waals surface area contributed by atoms with Crippen molar-refractivity contribution < 1.29 is 27.4 Å². The van der Waals surface area contributed by atoms with Gasteiger partial charge < -0.3 is 19.0 Å². The predicted molar refractivity (Wildman–Crippen MR) is 51.5 cm³/mol. The van der Waals surface area contributed by atoms with E-state index < -0.39 is 10.4 Å². The van der Waals surface area contributed by atoms with Gasteiger partial charge in [0, 0.05) is 10.4 Å². The Hall–Kier alpha value is 0.131. The molecule has 1 rings (SSSR count). The van der Waals surface area contributed by atoms with E-state index in [1.54, 1.807) is 24.3 Å². The van der Waals surface area contributed by atoms with E-state index >= 15 is 0 Å². The summed E-state index contributed by atoms with van der Waals surface area (Å²) in [5.41, 5.74) is 0. The molecule has 0 aliphatic rings. The Morgan fingerprint density at radius 1 is 1.07 bits per heavy atom. The standard InChI is InChI=1S/C6H6O.CH2O.Ba.H2O4S/c7-6-4-2-1-3-5-6;1-2;;1-5(2,3)4/h1-5,7H;1H2;;(H2,1,2,3,4)/q;;+2;/p-2. The fourth-order valence-corrected chi connectivity index (χ4v) is 0.428. The Balaban J connectivity index is -0.000000162. The molecular formula is C7H8BaO6S. The minimum atomic E-state index is -5.17. The van der Waals surface area contributed by atoms with Gasteiger partial charge in [-0.25, -0.2) is 0 Å². The van der Waals surface area contributed by atoms with Gasteiger partial charge in [-0.1, -0.05) is 18.2 Å². The molecule has 0 saturated heterocycles. The summed E-state index contributed by atoms with van der Waals surface area (Å²) in [6, 6.07) is 8.71. The van der Waals surface area contributed by atoms with E-state index in [-0.39, 0.29) is 48.9 Å². The normalized spacial score (nSPS) is 8.13. The summed E-state index contributed by atoms with van der Waals surface area (Å²) in [7, 11) is -5.17.